The fourth-order valence-electron chi connectivity index (χ4n) is 1.57. The number of hydrogen-bond acceptors (Lipinski definition) is 2. The maximum absolute atomic E-state index is 13.4. The zero-order chi connectivity index (χ0) is 18.2. The Hall–Kier alpha value is -0.410. The standard InChI is InChI=1S/C7HF12NO2.Na/c8-2(1(21)22,5(13,14)15)20-6(16,17)3(9,10)4(11,12)7(20,18)19;/h(H,21,22);. The number of carbonyl (C=O) groups is 1. The van der Waals surface area contributed by atoms with Gasteiger partial charge in [-0.25, -0.2) is 9.18 Å². The van der Waals surface area contributed by atoms with E-state index in [2.05, 4.69) is 0 Å². The molecule has 1 N–H and O–H groups in total. The van der Waals surface area contributed by atoms with Gasteiger partial charge in [-0.15, -0.1) is 4.90 Å². The van der Waals surface area contributed by atoms with Gasteiger partial charge in [0.15, 0.2) is 0 Å². The van der Waals surface area contributed by atoms with Crippen molar-refractivity contribution in [2.24, 2.45) is 0 Å². The van der Waals surface area contributed by atoms with Crippen molar-refractivity contribution in [2.75, 3.05) is 0 Å². The summed E-state index contributed by atoms with van der Waals surface area (Å²) < 4.78 is 153. The van der Waals surface area contributed by atoms with Crippen LogP contribution in [0.2, 0.25) is 0 Å². The summed E-state index contributed by atoms with van der Waals surface area (Å²) >= 11 is 0. The SMILES string of the molecule is O=C(O)C(F)(N1C(F)(F)C(F)(F)C(F)(F)C1(F)F)C(F)(F)F.[Na]. The first-order valence-electron chi connectivity index (χ1n) is 4.62. The quantitative estimate of drug-likeness (QED) is 0.454. The molecule has 23 heavy (non-hydrogen) atoms. The molecule has 0 aromatic rings. The number of alkyl halides is 12. The number of aliphatic carboxylic acids is 1. The Morgan fingerprint density at radius 3 is 1.22 bits per heavy atom. The van der Waals surface area contributed by atoms with Gasteiger partial charge in [0.1, 0.15) is 0 Å². The van der Waals surface area contributed by atoms with Gasteiger partial charge in [0.05, 0.1) is 0 Å². The third-order valence-electron chi connectivity index (χ3n) is 2.68. The average Bonchev–Trinajstić information content (AvgIpc) is 2.31. The predicted octanol–water partition coefficient (Wildman–Crippen LogP) is 2.69. The van der Waals surface area contributed by atoms with Crippen molar-refractivity contribution in [1.29, 1.82) is 0 Å². The van der Waals surface area contributed by atoms with E-state index in [0.29, 0.717) is 0 Å². The predicted molar refractivity (Wildman–Crippen MR) is 44.9 cm³/mol. The maximum atomic E-state index is 13.4. The summed E-state index contributed by atoms with van der Waals surface area (Å²) in [4.78, 5) is 6.49. The monoisotopic (exact) mass is 382 g/mol. The maximum Gasteiger partial charge on any atom is 0.448 e. The molecular weight excluding hydrogens is 381 g/mol. The third-order valence-corrected chi connectivity index (χ3v) is 2.68. The Bertz CT molecular complexity index is 478. The number of likely N-dealkylation sites (tertiary alicyclic amines) is 1. The molecule has 0 aromatic heterocycles. The Morgan fingerprint density at radius 1 is 0.783 bits per heavy atom. The molecule has 1 unspecified atom stereocenters. The van der Waals surface area contributed by atoms with E-state index in [-0.39, 0.29) is 29.6 Å². The molecule has 0 amide bonds. The van der Waals surface area contributed by atoms with Crippen LogP contribution in [0.25, 0.3) is 0 Å². The first-order valence-corrected chi connectivity index (χ1v) is 4.62. The molecule has 1 radical (unpaired) electrons. The van der Waals surface area contributed by atoms with Crippen molar-refractivity contribution in [3.8, 4) is 0 Å². The van der Waals surface area contributed by atoms with Gasteiger partial charge in [0, 0.05) is 29.6 Å². The van der Waals surface area contributed by atoms with Crippen LogP contribution in [0.5, 0.6) is 0 Å². The number of carboxylic acids is 1. The van der Waals surface area contributed by atoms with E-state index in [1.54, 1.807) is 0 Å². The van der Waals surface area contributed by atoms with E-state index in [1.165, 1.54) is 0 Å². The number of halogens is 12. The number of nitrogens with zero attached hydrogens (tertiary/aromatic N) is 1. The largest absolute Gasteiger partial charge is 0.478 e. The molecule has 0 aromatic carbocycles. The summed E-state index contributed by atoms with van der Waals surface area (Å²) in [5.41, 5.74) is 0. The molecular formula is C7HF12NNaO2. The Balaban J connectivity index is 0.00000484. The van der Waals surface area contributed by atoms with Gasteiger partial charge in [0.25, 0.3) is 0 Å². The molecule has 16 heteroatoms. The molecule has 0 bridgehead atoms. The van der Waals surface area contributed by atoms with Crippen LogP contribution in [0.15, 0.2) is 0 Å². The topological polar surface area (TPSA) is 40.5 Å². The van der Waals surface area contributed by atoms with Crippen LogP contribution in [0.3, 0.4) is 0 Å². The minimum atomic E-state index is -7.19. The second-order valence-corrected chi connectivity index (χ2v) is 3.99. The van der Waals surface area contributed by atoms with Gasteiger partial charge >= 0.3 is 41.9 Å². The van der Waals surface area contributed by atoms with E-state index in [4.69, 9.17) is 5.11 Å². The van der Waals surface area contributed by atoms with Gasteiger partial charge in [-0.1, -0.05) is 0 Å². The summed E-state index contributed by atoms with van der Waals surface area (Å²) in [6.07, 6.45) is -7.18. The summed E-state index contributed by atoms with van der Waals surface area (Å²) in [5.74, 6) is -25.5. The Morgan fingerprint density at radius 2 is 1.04 bits per heavy atom. The van der Waals surface area contributed by atoms with Crippen LogP contribution in [0.1, 0.15) is 0 Å². The number of hydrogen-bond donors (Lipinski definition) is 1. The molecule has 0 aliphatic carbocycles. The van der Waals surface area contributed by atoms with Crippen LogP contribution in [-0.2, 0) is 4.79 Å². The van der Waals surface area contributed by atoms with Crippen LogP contribution in [0.4, 0.5) is 52.7 Å². The molecule has 0 saturated carbocycles. The molecule has 0 spiro atoms. The molecule has 131 valence electrons. The summed E-state index contributed by atoms with van der Waals surface area (Å²) in [7, 11) is 0. The minimum Gasteiger partial charge on any atom is -0.478 e. The first kappa shape index (κ1) is 22.6. The van der Waals surface area contributed by atoms with Crippen molar-refractivity contribution in [2.45, 2.75) is 35.9 Å². The van der Waals surface area contributed by atoms with E-state index < -0.39 is 46.8 Å². The van der Waals surface area contributed by atoms with Crippen LogP contribution < -0.4 is 0 Å². The van der Waals surface area contributed by atoms with Crippen molar-refractivity contribution in [3.05, 3.63) is 0 Å². The zero-order valence-electron chi connectivity index (χ0n) is 10.3. The smallest absolute Gasteiger partial charge is 0.448 e. The second-order valence-electron chi connectivity index (χ2n) is 3.99. The molecule has 1 heterocycles. The summed E-state index contributed by atoms with van der Waals surface area (Å²) in [6.45, 7) is 0. The normalized spacial score (nSPS) is 27.8. The molecule has 1 fully saturated rings. The fraction of sp³-hybridized carbons (Fsp3) is 0.857. The van der Waals surface area contributed by atoms with Crippen LogP contribution >= 0.6 is 0 Å². The van der Waals surface area contributed by atoms with Crippen LogP contribution in [-0.4, -0.2) is 81.4 Å². The van der Waals surface area contributed by atoms with Gasteiger partial charge in [-0.2, -0.15) is 48.3 Å². The Kier molecular flexibility index (Phi) is 5.20. The summed E-state index contributed by atoms with van der Waals surface area (Å²) in [6, 6.07) is -14.4. The third kappa shape index (κ3) is 2.33. The summed E-state index contributed by atoms with van der Waals surface area (Å²) in [5, 5.41) is 7.94. The van der Waals surface area contributed by atoms with E-state index in [9.17, 15) is 57.5 Å². The minimum absolute atomic E-state index is 0. The number of carboxylic acid groups (broad SMARTS) is 1. The fourth-order valence-corrected chi connectivity index (χ4v) is 1.57. The van der Waals surface area contributed by atoms with E-state index in [1.807, 2.05) is 0 Å². The van der Waals surface area contributed by atoms with Gasteiger partial charge in [-0.05, 0) is 0 Å². The molecule has 1 aliphatic heterocycles. The molecule has 1 rings (SSSR count). The van der Waals surface area contributed by atoms with Gasteiger partial charge in [-0.3, -0.25) is 0 Å². The van der Waals surface area contributed by atoms with Gasteiger partial charge < -0.3 is 5.11 Å². The van der Waals surface area contributed by atoms with Crippen molar-refractivity contribution < 1.29 is 62.6 Å². The van der Waals surface area contributed by atoms with Crippen molar-refractivity contribution >= 4 is 35.5 Å². The van der Waals surface area contributed by atoms with Crippen molar-refractivity contribution in [3.63, 3.8) is 0 Å². The van der Waals surface area contributed by atoms with E-state index >= 15 is 0 Å². The molecule has 1 saturated heterocycles. The van der Waals surface area contributed by atoms with Crippen molar-refractivity contribution in [1.82, 2.24) is 4.90 Å². The van der Waals surface area contributed by atoms with Gasteiger partial charge in [0.2, 0.25) is 0 Å². The van der Waals surface area contributed by atoms with E-state index in [0.717, 1.165) is 0 Å². The average molecular weight is 382 g/mol. The zero-order valence-corrected chi connectivity index (χ0v) is 12.3. The number of rotatable bonds is 2. The molecule has 1 aliphatic rings. The Labute approximate surface area is 139 Å². The molecule has 1 atom stereocenters. The van der Waals surface area contributed by atoms with Crippen LogP contribution in [0, 0.1) is 0 Å². The second kappa shape index (κ2) is 5.29. The molecule has 3 nitrogen and oxygen atoms in total. The first-order chi connectivity index (χ1) is 9.31.